The molecule has 0 spiro atoms. The van der Waals surface area contributed by atoms with Crippen LogP contribution in [0, 0.1) is 6.92 Å². The summed E-state index contributed by atoms with van der Waals surface area (Å²) in [5, 5.41) is 6.92. The maximum absolute atomic E-state index is 12.6. The van der Waals surface area contributed by atoms with E-state index in [1.165, 1.54) is 10.7 Å². The zero-order valence-corrected chi connectivity index (χ0v) is 14.6. The second-order valence-electron chi connectivity index (χ2n) is 5.66. The third-order valence-electron chi connectivity index (χ3n) is 3.70. The lowest BCUT2D eigenvalue weighted by atomic mass is 10.2. The van der Waals surface area contributed by atoms with E-state index in [-0.39, 0.29) is 17.3 Å². The van der Waals surface area contributed by atoms with E-state index >= 15 is 0 Å². The smallest absolute Gasteiger partial charge is 0.384 e. The molecule has 0 unspecified atom stereocenters. The minimum absolute atomic E-state index is 0.0338. The summed E-state index contributed by atoms with van der Waals surface area (Å²) in [6, 6.07) is 8.46. The van der Waals surface area contributed by atoms with Crippen molar-refractivity contribution < 1.29 is 18.0 Å². The van der Waals surface area contributed by atoms with E-state index in [4.69, 9.17) is 17.3 Å². The average molecular weight is 396 g/mol. The lowest BCUT2D eigenvalue weighted by Crippen LogP contribution is -2.15. The monoisotopic (exact) mass is 395 g/mol. The van der Waals surface area contributed by atoms with Gasteiger partial charge in [0.1, 0.15) is 11.6 Å². The number of hydrogen-bond acceptors (Lipinski definition) is 4. The van der Waals surface area contributed by atoms with Gasteiger partial charge in [-0.1, -0.05) is 23.7 Å². The number of carbonyl (C=O) groups is 1. The summed E-state index contributed by atoms with van der Waals surface area (Å²) in [5.41, 5.74) is 6.31. The van der Waals surface area contributed by atoms with Crippen molar-refractivity contribution in [2.45, 2.75) is 13.1 Å². The molecule has 140 valence electrons. The number of rotatable bonds is 3. The Labute approximate surface area is 156 Å². The van der Waals surface area contributed by atoms with Crippen LogP contribution in [0.2, 0.25) is 5.02 Å². The Balaban J connectivity index is 1.85. The normalized spacial score (nSPS) is 11.4. The molecule has 1 aromatic carbocycles. The second kappa shape index (κ2) is 6.92. The van der Waals surface area contributed by atoms with E-state index < -0.39 is 17.6 Å². The van der Waals surface area contributed by atoms with Crippen molar-refractivity contribution in [2.75, 3.05) is 11.1 Å². The van der Waals surface area contributed by atoms with Gasteiger partial charge in [0.15, 0.2) is 5.69 Å². The van der Waals surface area contributed by atoms with Crippen LogP contribution in [0.25, 0.3) is 5.69 Å². The SMILES string of the molecule is Cc1cccc(Cl)c1-n1nc(C(=O)Nc2ccc(C(F)(F)F)cn2)cc1N. The number of halogens is 4. The Hall–Kier alpha value is -3.07. The number of nitrogens with two attached hydrogens (primary N) is 1. The number of anilines is 2. The zero-order valence-electron chi connectivity index (χ0n) is 13.9. The Kier molecular flexibility index (Phi) is 4.79. The topological polar surface area (TPSA) is 85.8 Å². The first-order valence-corrected chi connectivity index (χ1v) is 8.00. The fourth-order valence-corrected chi connectivity index (χ4v) is 2.69. The lowest BCUT2D eigenvalue weighted by Gasteiger charge is -2.09. The van der Waals surface area contributed by atoms with Crippen molar-refractivity contribution in [1.29, 1.82) is 0 Å². The highest BCUT2D eigenvalue weighted by atomic mass is 35.5. The van der Waals surface area contributed by atoms with Crippen LogP contribution in [-0.4, -0.2) is 20.7 Å². The molecule has 0 aliphatic rings. The molecule has 3 N–H and O–H groups in total. The number of hydrogen-bond donors (Lipinski definition) is 2. The molecule has 0 aliphatic heterocycles. The van der Waals surface area contributed by atoms with Crippen molar-refractivity contribution in [3.05, 3.63) is 64.4 Å². The summed E-state index contributed by atoms with van der Waals surface area (Å²) < 4.78 is 39.0. The highest BCUT2D eigenvalue weighted by Crippen LogP contribution is 2.29. The number of nitrogens with zero attached hydrogens (tertiary/aromatic N) is 3. The number of pyridine rings is 1. The maximum Gasteiger partial charge on any atom is 0.417 e. The van der Waals surface area contributed by atoms with Crippen LogP contribution in [-0.2, 0) is 6.18 Å². The summed E-state index contributed by atoms with van der Waals surface area (Å²) in [5.74, 6) is -0.538. The van der Waals surface area contributed by atoms with Crippen LogP contribution < -0.4 is 11.1 Å². The number of carbonyl (C=O) groups excluding carboxylic acids is 1. The summed E-state index contributed by atoms with van der Waals surface area (Å²) in [7, 11) is 0. The second-order valence-corrected chi connectivity index (χ2v) is 6.06. The molecule has 0 saturated heterocycles. The van der Waals surface area contributed by atoms with E-state index in [1.54, 1.807) is 12.1 Å². The first-order valence-electron chi connectivity index (χ1n) is 7.62. The Bertz CT molecular complexity index is 979. The molecular weight excluding hydrogens is 383 g/mol. The lowest BCUT2D eigenvalue weighted by molar-refractivity contribution is -0.137. The summed E-state index contributed by atoms with van der Waals surface area (Å²) >= 11 is 6.19. The molecule has 0 saturated carbocycles. The van der Waals surface area contributed by atoms with Crippen molar-refractivity contribution in [3.63, 3.8) is 0 Å². The molecule has 0 atom stereocenters. The van der Waals surface area contributed by atoms with Gasteiger partial charge in [-0.3, -0.25) is 4.79 Å². The van der Waals surface area contributed by atoms with E-state index in [1.807, 2.05) is 13.0 Å². The van der Waals surface area contributed by atoms with E-state index in [0.29, 0.717) is 16.9 Å². The zero-order chi connectivity index (χ0) is 19.8. The number of aromatic nitrogens is 3. The van der Waals surface area contributed by atoms with Gasteiger partial charge in [-0.05, 0) is 30.7 Å². The van der Waals surface area contributed by atoms with E-state index in [0.717, 1.165) is 17.7 Å². The summed E-state index contributed by atoms with van der Waals surface area (Å²) in [6.07, 6.45) is -3.87. The predicted octanol–water partition coefficient (Wildman–Crippen LogP) is 4.08. The molecule has 2 heterocycles. The molecule has 0 bridgehead atoms. The van der Waals surface area contributed by atoms with Gasteiger partial charge in [-0.2, -0.15) is 18.3 Å². The summed E-state index contributed by atoms with van der Waals surface area (Å²) in [4.78, 5) is 15.9. The van der Waals surface area contributed by atoms with Crippen molar-refractivity contribution >= 4 is 29.1 Å². The largest absolute Gasteiger partial charge is 0.417 e. The molecule has 2 aromatic heterocycles. The molecular formula is C17H13ClF3N5O. The standard InChI is InChI=1S/C17H13ClF3N5O/c1-9-3-2-4-11(18)15(9)26-13(22)7-12(25-26)16(27)24-14-6-5-10(8-23-14)17(19,20)21/h2-8H,22H2,1H3,(H,23,24,27). The fourth-order valence-electron chi connectivity index (χ4n) is 2.39. The molecule has 0 aliphatic carbocycles. The van der Waals surface area contributed by atoms with Gasteiger partial charge in [0.05, 0.1) is 16.3 Å². The third-order valence-corrected chi connectivity index (χ3v) is 4.01. The maximum atomic E-state index is 12.6. The molecule has 0 fully saturated rings. The van der Waals surface area contributed by atoms with Gasteiger partial charge < -0.3 is 11.1 Å². The van der Waals surface area contributed by atoms with Gasteiger partial charge >= 0.3 is 6.18 Å². The molecule has 0 radical (unpaired) electrons. The Morgan fingerprint density at radius 2 is 2.00 bits per heavy atom. The van der Waals surface area contributed by atoms with Crippen LogP contribution in [0.5, 0.6) is 0 Å². The highest BCUT2D eigenvalue weighted by Gasteiger charge is 2.30. The fraction of sp³-hybridized carbons (Fsp3) is 0.118. The number of alkyl halides is 3. The van der Waals surface area contributed by atoms with Crippen LogP contribution in [0.15, 0.2) is 42.6 Å². The van der Waals surface area contributed by atoms with Crippen molar-refractivity contribution in [1.82, 2.24) is 14.8 Å². The quantitative estimate of drug-likeness (QED) is 0.699. The molecule has 27 heavy (non-hydrogen) atoms. The van der Waals surface area contributed by atoms with Crippen molar-refractivity contribution in [3.8, 4) is 5.69 Å². The van der Waals surface area contributed by atoms with Crippen molar-refractivity contribution in [2.24, 2.45) is 0 Å². The first-order chi connectivity index (χ1) is 12.7. The highest BCUT2D eigenvalue weighted by molar-refractivity contribution is 6.32. The Morgan fingerprint density at radius 1 is 1.26 bits per heavy atom. The number of para-hydroxylation sites is 1. The van der Waals surface area contributed by atoms with Crippen LogP contribution in [0.1, 0.15) is 21.6 Å². The van der Waals surface area contributed by atoms with Crippen LogP contribution in [0.3, 0.4) is 0 Å². The first kappa shape index (κ1) is 18.7. The van der Waals surface area contributed by atoms with E-state index in [9.17, 15) is 18.0 Å². The minimum Gasteiger partial charge on any atom is -0.384 e. The molecule has 3 rings (SSSR count). The van der Waals surface area contributed by atoms with E-state index in [2.05, 4.69) is 15.4 Å². The predicted molar refractivity (Wildman–Crippen MR) is 94.9 cm³/mol. The van der Waals surface area contributed by atoms with Gasteiger partial charge in [0.2, 0.25) is 0 Å². The Morgan fingerprint density at radius 3 is 2.59 bits per heavy atom. The van der Waals surface area contributed by atoms with Gasteiger partial charge in [-0.15, -0.1) is 0 Å². The molecule has 1 amide bonds. The summed E-state index contributed by atoms with van der Waals surface area (Å²) in [6.45, 7) is 1.81. The number of nitrogens with one attached hydrogen (secondary N) is 1. The molecule has 10 heteroatoms. The minimum atomic E-state index is -4.50. The molecule has 3 aromatic rings. The van der Waals surface area contributed by atoms with Gasteiger partial charge in [-0.25, -0.2) is 9.67 Å². The average Bonchev–Trinajstić information content (AvgIpc) is 2.96. The number of aryl methyl sites for hydroxylation is 1. The number of benzene rings is 1. The van der Waals surface area contributed by atoms with Gasteiger partial charge in [0.25, 0.3) is 5.91 Å². The number of amides is 1. The van der Waals surface area contributed by atoms with Crippen LogP contribution in [0.4, 0.5) is 24.8 Å². The third kappa shape index (κ3) is 3.87. The number of nitrogen functional groups attached to an aromatic ring is 1. The molecule has 6 nitrogen and oxygen atoms in total. The van der Waals surface area contributed by atoms with Crippen LogP contribution >= 0.6 is 11.6 Å². The van der Waals surface area contributed by atoms with Gasteiger partial charge in [0, 0.05) is 12.3 Å².